The molecule has 3 N–H and O–H groups in total. The predicted octanol–water partition coefficient (Wildman–Crippen LogP) is 5.07. The van der Waals surface area contributed by atoms with Gasteiger partial charge in [0, 0.05) is 24.2 Å². The highest BCUT2D eigenvalue weighted by Gasteiger charge is 2.26. The first-order chi connectivity index (χ1) is 21.1. The second kappa shape index (κ2) is 17.8. The number of nitrogens with zero attached hydrogens (tertiary/aromatic N) is 1. The van der Waals surface area contributed by atoms with Crippen molar-refractivity contribution in [2.45, 2.75) is 63.6 Å². The van der Waals surface area contributed by atoms with Crippen molar-refractivity contribution < 1.29 is 42.1 Å². The van der Waals surface area contributed by atoms with Crippen LogP contribution in [0.3, 0.4) is 0 Å². The molecule has 13 heteroatoms. The van der Waals surface area contributed by atoms with E-state index < -0.39 is 12.5 Å². The normalized spacial score (nSPS) is 14.9. The fourth-order valence-electron chi connectivity index (χ4n) is 5.11. The molecule has 0 bridgehead atoms. The monoisotopic (exact) mass is 641 g/mol. The summed E-state index contributed by atoms with van der Waals surface area (Å²) in [5.74, 6) is 0.409. The lowest BCUT2D eigenvalue weighted by Gasteiger charge is -2.34. The Morgan fingerprint density at radius 3 is 2.48 bits per heavy atom. The molecule has 2 aromatic rings. The lowest BCUT2D eigenvalue weighted by atomic mass is 9.94. The van der Waals surface area contributed by atoms with Gasteiger partial charge in [-0.3, -0.25) is 14.4 Å². The predicted molar refractivity (Wildman–Crippen MR) is 160 cm³/mol. The maximum atomic E-state index is 13.1. The molecule has 2 aromatic carbocycles. The van der Waals surface area contributed by atoms with Gasteiger partial charge < -0.3 is 30.1 Å². The minimum absolute atomic E-state index is 0.000328. The number of ether oxygens (including phenoxy) is 2. The topological polar surface area (TPSA) is 117 Å². The maximum Gasteiger partial charge on any atom is 0.446 e. The summed E-state index contributed by atoms with van der Waals surface area (Å²) in [6, 6.07) is 11.4. The fourth-order valence-corrected chi connectivity index (χ4v) is 5.23. The van der Waals surface area contributed by atoms with Gasteiger partial charge in [0.1, 0.15) is 11.4 Å². The Balaban J connectivity index is 0.000000801. The number of rotatable bonds is 13. The van der Waals surface area contributed by atoms with Gasteiger partial charge in [0.05, 0.1) is 19.6 Å². The standard InChI is InChI=1S/C29H38ClN3O5.C2HF3O/c30-23-9-6-21(7-10-23)13-18-37-19-14-27(36)33(24-4-2-1-3-5-24)17-16-31-15-12-22-8-11-25(34)28-29(22)38-20-26(35)32-28;3-2(4,5)1-6/h6-11,24,31,34H,1-5,12-20H2,(H,32,35);1H. The SMILES string of the molecule is O=C1COc2c(CCNCCN(C(=O)CCOCCc3ccc(Cl)cc3)C3CCCCC3)ccc(O)c2N1.O=CC(F)(F)F. The summed E-state index contributed by atoms with van der Waals surface area (Å²) in [5.41, 5.74) is 2.42. The fraction of sp³-hybridized carbons (Fsp3) is 0.516. The highest BCUT2D eigenvalue weighted by Crippen LogP contribution is 2.39. The molecule has 242 valence electrons. The largest absolute Gasteiger partial charge is 0.506 e. The molecule has 1 fully saturated rings. The van der Waals surface area contributed by atoms with Gasteiger partial charge in [-0.1, -0.05) is 49.1 Å². The van der Waals surface area contributed by atoms with Crippen LogP contribution in [0.4, 0.5) is 18.9 Å². The number of hydrogen-bond donors (Lipinski definition) is 3. The Morgan fingerprint density at radius 1 is 1.09 bits per heavy atom. The van der Waals surface area contributed by atoms with E-state index >= 15 is 0 Å². The van der Waals surface area contributed by atoms with E-state index in [1.165, 1.54) is 24.8 Å². The first kappa shape index (κ1) is 35.1. The van der Waals surface area contributed by atoms with E-state index in [1.807, 2.05) is 30.3 Å². The molecule has 1 aliphatic heterocycles. The number of anilines is 1. The van der Waals surface area contributed by atoms with E-state index in [-0.39, 0.29) is 24.2 Å². The van der Waals surface area contributed by atoms with Gasteiger partial charge in [-0.15, -0.1) is 0 Å². The van der Waals surface area contributed by atoms with Crippen molar-refractivity contribution in [2.24, 2.45) is 0 Å². The third-order valence-corrected chi connectivity index (χ3v) is 7.56. The average molecular weight is 642 g/mol. The lowest BCUT2D eigenvalue weighted by Crippen LogP contribution is -2.45. The van der Waals surface area contributed by atoms with Gasteiger partial charge in [-0.25, -0.2) is 0 Å². The van der Waals surface area contributed by atoms with Crippen LogP contribution in [0.15, 0.2) is 36.4 Å². The number of phenols is 1. The molecule has 0 saturated heterocycles. The van der Waals surface area contributed by atoms with Gasteiger partial charge in [0.15, 0.2) is 12.4 Å². The molecule has 4 rings (SSSR count). The molecule has 1 saturated carbocycles. The van der Waals surface area contributed by atoms with Crippen LogP contribution in [-0.2, 0) is 32.0 Å². The summed E-state index contributed by atoms with van der Waals surface area (Å²) in [7, 11) is 0. The number of carbonyl (C=O) groups is 3. The molecule has 1 heterocycles. The molecule has 2 amide bonds. The van der Waals surface area contributed by atoms with E-state index in [1.54, 1.807) is 6.07 Å². The Labute approximate surface area is 260 Å². The number of amides is 2. The van der Waals surface area contributed by atoms with Crippen LogP contribution in [0.5, 0.6) is 11.5 Å². The first-order valence-electron chi connectivity index (χ1n) is 14.7. The summed E-state index contributed by atoms with van der Waals surface area (Å²) < 4.78 is 42.6. The van der Waals surface area contributed by atoms with Crippen molar-refractivity contribution in [3.63, 3.8) is 0 Å². The quantitative estimate of drug-likeness (QED) is 0.159. The molecular formula is C31H39ClF3N3O6. The Bertz CT molecular complexity index is 1220. The zero-order chi connectivity index (χ0) is 32.0. The third kappa shape index (κ3) is 12.0. The summed E-state index contributed by atoms with van der Waals surface area (Å²) in [5, 5.41) is 16.9. The van der Waals surface area contributed by atoms with Crippen molar-refractivity contribution >= 4 is 35.4 Å². The van der Waals surface area contributed by atoms with Crippen molar-refractivity contribution in [1.29, 1.82) is 0 Å². The molecule has 0 aromatic heterocycles. The molecular weight excluding hydrogens is 603 g/mol. The summed E-state index contributed by atoms with van der Waals surface area (Å²) in [4.78, 5) is 35.5. The molecule has 0 unspecified atom stereocenters. The highest BCUT2D eigenvalue weighted by atomic mass is 35.5. The summed E-state index contributed by atoms with van der Waals surface area (Å²) in [6.45, 7) is 2.99. The van der Waals surface area contributed by atoms with Crippen LogP contribution in [0.1, 0.15) is 49.7 Å². The number of alkyl halides is 3. The van der Waals surface area contributed by atoms with E-state index in [0.29, 0.717) is 63.2 Å². The Kier molecular flexibility index (Phi) is 14.2. The molecule has 1 aliphatic carbocycles. The van der Waals surface area contributed by atoms with E-state index in [2.05, 4.69) is 15.5 Å². The third-order valence-electron chi connectivity index (χ3n) is 7.31. The number of halogens is 4. The first-order valence-corrected chi connectivity index (χ1v) is 15.1. The zero-order valence-electron chi connectivity index (χ0n) is 24.5. The molecule has 0 spiro atoms. The minimum atomic E-state index is -4.64. The number of aldehydes is 1. The number of carbonyl (C=O) groups excluding carboxylic acids is 3. The number of phenolic OH excluding ortho intramolecular Hbond substituents is 1. The molecule has 0 atom stereocenters. The van der Waals surface area contributed by atoms with Gasteiger partial charge >= 0.3 is 6.18 Å². The van der Waals surface area contributed by atoms with Crippen molar-refractivity contribution in [2.75, 3.05) is 44.8 Å². The number of fused-ring (bicyclic) bond motifs is 1. The smallest absolute Gasteiger partial charge is 0.446 e. The van der Waals surface area contributed by atoms with Crippen LogP contribution in [0, 0.1) is 0 Å². The van der Waals surface area contributed by atoms with Gasteiger partial charge in [-0.05, 0) is 61.6 Å². The lowest BCUT2D eigenvalue weighted by molar-refractivity contribution is -0.156. The van der Waals surface area contributed by atoms with Crippen LogP contribution in [0.25, 0.3) is 0 Å². The van der Waals surface area contributed by atoms with E-state index in [9.17, 15) is 27.9 Å². The Morgan fingerprint density at radius 2 is 1.80 bits per heavy atom. The molecule has 44 heavy (non-hydrogen) atoms. The number of hydrogen-bond acceptors (Lipinski definition) is 7. The Hall–Kier alpha value is -3.35. The van der Waals surface area contributed by atoms with E-state index in [0.717, 1.165) is 29.8 Å². The molecule has 2 aliphatic rings. The van der Waals surface area contributed by atoms with Crippen LogP contribution < -0.4 is 15.4 Å². The zero-order valence-corrected chi connectivity index (χ0v) is 25.2. The van der Waals surface area contributed by atoms with Gasteiger partial charge in [-0.2, -0.15) is 13.2 Å². The van der Waals surface area contributed by atoms with Gasteiger partial charge in [0.2, 0.25) is 12.2 Å². The van der Waals surface area contributed by atoms with Crippen molar-refractivity contribution in [1.82, 2.24) is 10.2 Å². The summed E-state index contributed by atoms with van der Waals surface area (Å²) in [6.07, 6.45) is 1.86. The van der Waals surface area contributed by atoms with Crippen LogP contribution in [0.2, 0.25) is 5.02 Å². The molecule has 0 radical (unpaired) electrons. The van der Waals surface area contributed by atoms with Gasteiger partial charge in [0.25, 0.3) is 5.91 Å². The number of aromatic hydroxyl groups is 1. The summed E-state index contributed by atoms with van der Waals surface area (Å²) >= 11 is 5.94. The second-order valence-electron chi connectivity index (χ2n) is 10.6. The second-order valence-corrected chi connectivity index (χ2v) is 11.0. The number of benzene rings is 2. The number of nitrogens with one attached hydrogen (secondary N) is 2. The maximum absolute atomic E-state index is 13.1. The van der Waals surface area contributed by atoms with Crippen LogP contribution >= 0.6 is 11.6 Å². The molecule has 9 nitrogen and oxygen atoms in total. The van der Waals surface area contributed by atoms with Crippen molar-refractivity contribution in [3.05, 3.63) is 52.5 Å². The van der Waals surface area contributed by atoms with Crippen LogP contribution in [-0.4, -0.2) is 79.8 Å². The van der Waals surface area contributed by atoms with Crippen molar-refractivity contribution in [3.8, 4) is 11.5 Å². The average Bonchev–Trinajstić information content (AvgIpc) is 3.01. The highest BCUT2D eigenvalue weighted by molar-refractivity contribution is 6.30. The van der Waals surface area contributed by atoms with E-state index in [4.69, 9.17) is 25.9 Å². The minimum Gasteiger partial charge on any atom is -0.506 e.